The summed E-state index contributed by atoms with van der Waals surface area (Å²) in [5.41, 5.74) is 5.75. The van der Waals surface area contributed by atoms with Crippen molar-refractivity contribution in [2.75, 3.05) is 13.6 Å². The third-order valence-corrected chi connectivity index (χ3v) is 3.08. The number of likely N-dealkylation sites (N-methyl/N-ethyl adjacent to an activating group) is 1. The highest BCUT2D eigenvalue weighted by atomic mass is 16.2. The second kappa shape index (κ2) is 5.84. The summed E-state index contributed by atoms with van der Waals surface area (Å²) >= 11 is 0. The highest BCUT2D eigenvalue weighted by Crippen LogP contribution is 2.18. The van der Waals surface area contributed by atoms with Crippen molar-refractivity contribution in [3.05, 3.63) is 0 Å². The molecule has 1 aliphatic heterocycles. The molecule has 3 N–H and O–H groups in total. The average Bonchev–Trinajstić information content (AvgIpc) is 2.76. The zero-order valence-electron chi connectivity index (χ0n) is 10.0. The molecule has 1 aliphatic rings. The number of carbonyl (C=O) groups excluding carboxylic acids is 2. The second-order valence-electron chi connectivity index (χ2n) is 4.23. The number of amides is 2. The molecule has 0 spiro atoms. The Labute approximate surface area is 96.4 Å². The summed E-state index contributed by atoms with van der Waals surface area (Å²) in [5, 5.41) is 2.59. The second-order valence-corrected chi connectivity index (χ2v) is 4.23. The molecule has 0 aromatic carbocycles. The molecule has 1 heterocycles. The summed E-state index contributed by atoms with van der Waals surface area (Å²) in [4.78, 5) is 25.1. The van der Waals surface area contributed by atoms with Gasteiger partial charge in [-0.05, 0) is 19.3 Å². The Hall–Kier alpha value is -1.10. The number of nitrogens with two attached hydrogens (primary N) is 1. The van der Waals surface area contributed by atoms with E-state index < -0.39 is 0 Å². The van der Waals surface area contributed by atoms with Gasteiger partial charge in [-0.25, -0.2) is 0 Å². The van der Waals surface area contributed by atoms with Crippen LogP contribution in [0.5, 0.6) is 0 Å². The number of carbonyl (C=O) groups is 2. The molecule has 0 saturated carbocycles. The van der Waals surface area contributed by atoms with Crippen LogP contribution in [0.2, 0.25) is 0 Å². The molecule has 2 atom stereocenters. The van der Waals surface area contributed by atoms with Crippen molar-refractivity contribution in [3.8, 4) is 0 Å². The summed E-state index contributed by atoms with van der Waals surface area (Å²) in [6, 6.07) is -0.389. The fourth-order valence-corrected chi connectivity index (χ4v) is 1.99. The number of hydrogen-bond acceptors (Lipinski definition) is 3. The van der Waals surface area contributed by atoms with Crippen molar-refractivity contribution in [3.63, 3.8) is 0 Å². The quantitative estimate of drug-likeness (QED) is 0.701. The van der Waals surface area contributed by atoms with Gasteiger partial charge >= 0.3 is 0 Å². The van der Waals surface area contributed by atoms with Gasteiger partial charge in [-0.3, -0.25) is 9.59 Å². The lowest BCUT2D eigenvalue weighted by Crippen LogP contribution is -2.46. The number of rotatable bonds is 4. The Kier molecular flexibility index (Phi) is 4.73. The van der Waals surface area contributed by atoms with E-state index in [0.717, 1.165) is 19.3 Å². The van der Waals surface area contributed by atoms with Crippen molar-refractivity contribution in [1.29, 1.82) is 0 Å². The highest BCUT2D eigenvalue weighted by Gasteiger charge is 2.33. The van der Waals surface area contributed by atoms with Gasteiger partial charge in [-0.2, -0.15) is 0 Å². The predicted molar refractivity (Wildman–Crippen MR) is 61.7 cm³/mol. The molecule has 16 heavy (non-hydrogen) atoms. The molecule has 2 amide bonds. The molecule has 1 fully saturated rings. The molecule has 0 radical (unpaired) electrons. The Balaban J connectivity index is 2.57. The van der Waals surface area contributed by atoms with Crippen LogP contribution < -0.4 is 11.1 Å². The van der Waals surface area contributed by atoms with Crippen molar-refractivity contribution >= 4 is 11.8 Å². The van der Waals surface area contributed by atoms with Gasteiger partial charge in [0, 0.05) is 26.1 Å². The average molecular weight is 227 g/mol. The minimum atomic E-state index is -0.290. The summed E-state index contributed by atoms with van der Waals surface area (Å²) in [6.45, 7) is 2.63. The Morgan fingerprint density at radius 1 is 1.56 bits per heavy atom. The van der Waals surface area contributed by atoms with Gasteiger partial charge in [0.15, 0.2) is 0 Å². The SMILES string of the molecule is CCC(N)CC(=O)N1CCCC1C(=O)NC. The fraction of sp³-hybridized carbons (Fsp3) is 0.818. The Morgan fingerprint density at radius 2 is 2.25 bits per heavy atom. The monoisotopic (exact) mass is 227 g/mol. The maximum Gasteiger partial charge on any atom is 0.242 e. The van der Waals surface area contributed by atoms with E-state index in [1.54, 1.807) is 11.9 Å². The van der Waals surface area contributed by atoms with Gasteiger partial charge in [-0.15, -0.1) is 0 Å². The summed E-state index contributed by atoms with van der Waals surface area (Å²) < 4.78 is 0. The van der Waals surface area contributed by atoms with E-state index in [4.69, 9.17) is 5.73 Å². The molecular weight excluding hydrogens is 206 g/mol. The fourth-order valence-electron chi connectivity index (χ4n) is 1.99. The molecule has 0 aliphatic carbocycles. The summed E-state index contributed by atoms with van der Waals surface area (Å²) in [6.07, 6.45) is 2.77. The van der Waals surface area contributed by atoms with Crippen LogP contribution in [0, 0.1) is 0 Å². The number of likely N-dealkylation sites (tertiary alicyclic amines) is 1. The van der Waals surface area contributed by atoms with Crippen LogP contribution in [0.25, 0.3) is 0 Å². The first-order valence-electron chi connectivity index (χ1n) is 5.86. The van der Waals surface area contributed by atoms with Crippen molar-refractivity contribution < 1.29 is 9.59 Å². The molecule has 0 bridgehead atoms. The maximum atomic E-state index is 11.9. The van der Waals surface area contributed by atoms with Crippen molar-refractivity contribution in [1.82, 2.24) is 10.2 Å². The highest BCUT2D eigenvalue weighted by molar-refractivity contribution is 5.88. The Morgan fingerprint density at radius 3 is 2.81 bits per heavy atom. The molecule has 1 saturated heterocycles. The van der Waals surface area contributed by atoms with E-state index >= 15 is 0 Å². The number of hydrogen-bond donors (Lipinski definition) is 2. The van der Waals surface area contributed by atoms with Crippen LogP contribution in [0.3, 0.4) is 0 Å². The lowest BCUT2D eigenvalue weighted by molar-refractivity contribution is -0.138. The summed E-state index contributed by atoms with van der Waals surface area (Å²) in [7, 11) is 1.60. The minimum Gasteiger partial charge on any atom is -0.357 e. The third-order valence-electron chi connectivity index (χ3n) is 3.08. The summed E-state index contributed by atoms with van der Waals surface area (Å²) in [5.74, 6) is -0.0728. The molecule has 5 heteroatoms. The third kappa shape index (κ3) is 2.95. The van der Waals surface area contributed by atoms with E-state index in [-0.39, 0.29) is 23.9 Å². The molecule has 0 aromatic rings. The minimum absolute atomic E-state index is 0.000417. The predicted octanol–water partition coefficient (Wildman–Crippen LogP) is -0.149. The molecular formula is C11H21N3O2. The van der Waals surface area contributed by atoms with Crippen molar-refractivity contribution in [2.24, 2.45) is 5.73 Å². The van der Waals surface area contributed by atoms with Crippen molar-refractivity contribution in [2.45, 2.75) is 44.7 Å². The van der Waals surface area contributed by atoms with E-state index in [1.165, 1.54) is 0 Å². The molecule has 2 unspecified atom stereocenters. The van der Waals surface area contributed by atoms with Crippen LogP contribution in [-0.4, -0.2) is 42.4 Å². The first-order valence-corrected chi connectivity index (χ1v) is 5.86. The van der Waals surface area contributed by atoms with Gasteiger partial charge in [0.05, 0.1) is 0 Å². The van der Waals surface area contributed by atoms with Crippen LogP contribution in [0.15, 0.2) is 0 Å². The zero-order valence-corrected chi connectivity index (χ0v) is 10.0. The molecule has 1 rings (SSSR count). The van der Waals surface area contributed by atoms with Gasteiger partial charge < -0.3 is 16.0 Å². The zero-order chi connectivity index (χ0) is 12.1. The molecule has 92 valence electrons. The molecule has 0 aromatic heterocycles. The largest absolute Gasteiger partial charge is 0.357 e. The van der Waals surface area contributed by atoms with Gasteiger partial charge in [0.2, 0.25) is 11.8 Å². The van der Waals surface area contributed by atoms with E-state index in [1.807, 2.05) is 6.92 Å². The maximum absolute atomic E-state index is 11.9. The standard InChI is InChI=1S/C11H21N3O2/c1-3-8(12)7-10(15)14-6-4-5-9(14)11(16)13-2/h8-9H,3-7,12H2,1-2H3,(H,13,16). The van der Waals surface area contributed by atoms with Gasteiger partial charge in [0.1, 0.15) is 6.04 Å². The first-order chi connectivity index (χ1) is 7.60. The van der Waals surface area contributed by atoms with Crippen LogP contribution in [-0.2, 0) is 9.59 Å². The normalized spacial score (nSPS) is 21.9. The Bertz CT molecular complexity index is 268. The number of nitrogens with zero attached hydrogens (tertiary/aromatic N) is 1. The topological polar surface area (TPSA) is 75.4 Å². The smallest absolute Gasteiger partial charge is 0.242 e. The van der Waals surface area contributed by atoms with Crippen LogP contribution in [0.1, 0.15) is 32.6 Å². The van der Waals surface area contributed by atoms with Crippen LogP contribution in [0.4, 0.5) is 0 Å². The van der Waals surface area contributed by atoms with Gasteiger partial charge in [-0.1, -0.05) is 6.92 Å². The number of nitrogens with one attached hydrogen (secondary N) is 1. The van der Waals surface area contributed by atoms with E-state index in [0.29, 0.717) is 13.0 Å². The van der Waals surface area contributed by atoms with E-state index in [2.05, 4.69) is 5.32 Å². The first kappa shape index (κ1) is 13.0. The lowest BCUT2D eigenvalue weighted by atomic mass is 10.1. The van der Waals surface area contributed by atoms with Gasteiger partial charge in [0.25, 0.3) is 0 Å². The van der Waals surface area contributed by atoms with E-state index in [9.17, 15) is 9.59 Å². The lowest BCUT2D eigenvalue weighted by Gasteiger charge is -2.24. The van der Waals surface area contributed by atoms with Crippen LogP contribution >= 0.6 is 0 Å². The molecule has 5 nitrogen and oxygen atoms in total.